The number of hydrogen-bond acceptors (Lipinski definition) is 4. The first-order chi connectivity index (χ1) is 10.7. The molecule has 0 spiro atoms. The standard InChI is InChI=1S/C17H22N2O3/c1-22-17(21)12-19-11-13(14-5-2-3-6-15(14)19)8-10-18-9-4-7-16(18)20/h2-3,5-6,13H,4,7-12H2,1H3/t13-/m1/s1. The topological polar surface area (TPSA) is 49.9 Å². The van der Waals surface area contributed by atoms with Crippen molar-refractivity contribution < 1.29 is 14.3 Å². The van der Waals surface area contributed by atoms with Crippen LogP contribution in [0.15, 0.2) is 24.3 Å². The molecular formula is C17H22N2O3. The molecule has 2 aliphatic rings. The Hall–Kier alpha value is -2.04. The first kappa shape index (κ1) is 14.9. The molecule has 1 aromatic rings. The zero-order chi connectivity index (χ0) is 15.5. The van der Waals surface area contributed by atoms with Gasteiger partial charge < -0.3 is 14.5 Å². The third kappa shape index (κ3) is 2.93. The normalized spacial score (nSPS) is 20.4. The average Bonchev–Trinajstić information content (AvgIpc) is 3.09. The Morgan fingerprint density at radius 2 is 2.14 bits per heavy atom. The van der Waals surface area contributed by atoms with Crippen LogP contribution in [0.1, 0.15) is 30.7 Å². The maximum absolute atomic E-state index is 11.7. The lowest BCUT2D eigenvalue weighted by Crippen LogP contribution is -2.31. The van der Waals surface area contributed by atoms with E-state index in [1.54, 1.807) is 0 Å². The van der Waals surface area contributed by atoms with E-state index in [4.69, 9.17) is 4.74 Å². The molecule has 5 heteroatoms. The number of esters is 1. The second-order valence-electron chi connectivity index (χ2n) is 5.99. The van der Waals surface area contributed by atoms with Crippen LogP contribution in [0.25, 0.3) is 0 Å². The summed E-state index contributed by atoms with van der Waals surface area (Å²) in [5.74, 6) is 0.428. The molecule has 0 aliphatic carbocycles. The highest BCUT2D eigenvalue weighted by atomic mass is 16.5. The second-order valence-corrected chi connectivity index (χ2v) is 5.99. The van der Waals surface area contributed by atoms with Crippen LogP contribution >= 0.6 is 0 Å². The highest BCUT2D eigenvalue weighted by molar-refractivity contribution is 5.78. The third-order valence-corrected chi connectivity index (χ3v) is 4.62. The smallest absolute Gasteiger partial charge is 0.325 e. The molecule has 3 rings (SSSR count). The van der Waals surface area contributed by atoms with Crippen molar-refractivity contribution >= 4 is 17.6 Å². The number of benzene rings is 1. The van der Waals surface area contributed by atoms with Gasteiger partial charge in [-0.15, -0.1) is 0 Å². The summed E-state index contributed by atoms with van der Waals surface area (Å²) < 4.78 is 4.78. The van der Waals surface area contributed by atoms with Gasteiger partial charge in [-0.2, -0.15) is 0 Å². The number of anilines is 1. The number of likely N-dealkylation sites (tertiary alicyclic amines) is 1. The highest BCUT2D eigenvalue weighted by Gasteiger charge is 2.30. The number of carbonyl (C=O) groups is 2. The Balaban J connectivity index is 1.68. The molecule has 0 N–H and O–H groups in total. The van der Waals surface area contributed by atoms with E-state index in [0.29, 0.717) is 12.3 Å². The predicted octanol–water partition coefficient (Wildman–Crippen LogP) is 1.78. The summed E-state index contributed by atoms with van der Waals surface area (Å²) in [6.07, 6.45) is 2.62. The van der Waals surface area contributed by atoms with Crippen LogP contribution in [0.2, 0.25) is 0 Å². The van der Waals surface area contributed by atoms with Gasteiger partial charge in [-0.1, -0.05) is 18.2 Å². The minimum Gasteiger partial charge on any atom is -0.468 e. The number of fused-ring (bicyclic) bond motifs is 1. The van der Waals surface area contributed by atoms with E-state index in [2.05, 4.69) is 17.0 Å². The number of hydrogen-bond donors (Lipinski definition) is 0. The van der Waals surface area contributed by atoms with E-state index in [-0.39, 0.29) is 18.4 Å². The fraction of sp³-hybridized carbons (Fsp3) is 0.529. The van der Waals surface area contributed by atoms with Crippen molar-refractivity contribution in [2.24, 2.45) is 0 Å². The summed E-state index contributed by atoms with van der Waals surface area (Å²) in [6, 6.07) is 8.21. The molecule has 0 bridgehead atoms. The van der Waals surface area contributed by atoms with Gasteiger partial charge in [0, 0.05) is 37.7 Å². The first-order valence-corrected chi connectivity index (χ1v) is 7.87. The fourth-order valence-electron chi connectivity index (χ4n) is 3.45. The van der Waals surface area contributed by atoms with Gasteiger partial charge in [0.2, 0.25) is 5.91 Å². The van der Waals surface area contributed by atoms with Crippen molar-refractivity contribution in [3.63, 3.8) is 0 Å². The zero-order valence-corrected chi connectivity index (χ0v) is 13.0. The van der Waals surface area contributed by atoms with Gasteiger partial charge in [0.05, 0.1) is 7.11 Å². The summed E-state index contributed by atoms with van der Waals surface area (Å²) in [5.41, 5.74) is 2.39. The fourth-order valence-corrected chi connectivity index (χ4v) is 3.45. The van der Waals surface area contributed by atoms with Gasteiger partial charge in [0.1, 0.15) is 6.54 Å². The summed E-state index contributed by atoms with van der Waals surface area (Å²) in [4.78, 5) is 27.3. The van der Waals surface area contributed by atoms with E-state index >= 15 is 0 Å². The molecule has 1 fully saturated rings. The van der Waals surface area contributed by atoms with Gasteiger partial charge in [0.15, 0.2) is 0 Å². The Labute approximate surface area is 130 Å². The van der Waals surface area contributed by atoms with Crippen molar-refractivity contribution in [3.8, 4) is 0 Å². The lowest BCUT2D eigenvalue weighted by atomic mass is 9.98. The van der Waals surface area contributed by atoms with Crippen LogP contribution < -0.4 is 4.90 Å². The molecule has 5 nitrogen and oxygen atoms in total. The molecule has 118 valence electrons. The second kappa shape index (κ2) is 6.38. The summed E-state index contributed by atoms with van der Waals surface area (Å²) in [5, 5.41) is 0. The highest BCUT2D eigenvalue weighted by Crippen LogP contribution is 2.38. The lowest BCUT2D eigenvalue weighted by Gasteiger charge is -2.20. The third-order valence-electron chi connectivity index (χ3n) is 4.62. The minimum atomic E-state index is -0.217. The number of rotatable bonds is 5. The number of para-hydroxylation sites is 1. The summed E-state index contributed by atoms with van der Waals surface area (Å²) in [6.45, 7) is 2.80. The van der Waals surface area contributed by atoms with Gasteiger partial charge in [-0.05, 0) is 24.5 Å². The molecular weight excluding hydrogens is 280 g/mol. The molecule has 1 saturated heterocycles. The molecule has 1 atom stereocenters. The van der Waals surface area contributed by atoms with Crippen molar-refractivity contribution in [3.05, 3.63) is 29.8 Å². The van der Waals surface area contributed by atoms with Crippen LogP contribution in [-0.4, -0.2) is 50.1 Å². The maximum Gasteiger partial charge on any atom is 0.325 e. The molecule has 0 radical (unpaired) electrons. The van der Waals surface area contributed by atoms with Crippen molar-refractivity contribution in [1.29, 1.82) is 0 Å². The molecule has 0 aromatic heterocycles. The number of methoxy groups -OCH3 is 1. The van der Waals surface area contributed by atoms with Crippen LogP contribution in [0, 0.1) is 0 Å². The van der Waals surface area contributed by atoms with E-state index < -0.39 is 0 Å². The van der Waals surface area contributed by atoms with Crippen molar-refractivity contribution in [1.82, 2.24) is 4.90 Å². The zero-order valence-electron chi connectivity index (χ0n) is 13.0. The van der Waals surface area contributed by atoms with Crippen molar-refractivity contribution in [2.75, 3.05) is 38.2 Å². The van der Waals surface area contributed by atoms with Crippen LogP contribution in [0.4, 0.5) is 5.69 Å². The Kier molecular flexibility index (Phi) is 4.32. The van der Waals surface area contributed by atoms with E-state index in [9.17, 15) is 9.59 Å². The van der Waals surface area contributed by atoms with E-state index in [1.807, 2.05) is 17.0 Å². The van der Waals surface area contributed by atoms with Crippen LogP contribution in [0.5, 0.6) is 0 Å². The van der Waals surface area contributed by atoms with Gasteiger partial charge in [0.25, 0.3) is 0 Å². The molecule has 1 amide bonds. The Bertz CT molecular complexity index is 573. The number of ether oxygens (including phenoxy) is 1. The van der Waals surface area contributed by atoms with Crippen molar-refractivity contribution in [2.45, 2.75) is 25.2 Å². The van der Waals surface area contributed by atoms with Gasteiger partial charge in [-0.3, -0.25) is 9.59 Å². The number of amides is 1. The summed E-state index contributed by atoms with van der Waals surface area (Å²) >= 11 is 0. The average molecular weight is 302 g/mol. The van der Waals surface area contributed by atoms with E-state index in [1.165, 1.54) is 12.7 Å². The lowest BCUT2D eigenvalue weighted by molar-refractivity contribution is -0.139. The molecule has 0 unspecified atom stereocenters. The molecule has 0 saturated carbocycles. The summed E-state index contributed by atoms with van der Waals surface area (Å²) in [7, 11) is 1.42. The predicted molar refractivity (Wildman–Crippen MR) is 83.8 cm³/mol. The Morgan fingerprint density at radius 3 is 2.86 bits per heavy atom. The molecule has 2 heterocycles. The van der Waals surface area contributed by atoms with Crippen LogP contribution in [0.3, 0.4) is 0 Å². The van der Waals surface area contributed by atoms with Crippen LogP contribution in [-0.2, 0) is 14.3 Å². The largest absolute Gasteiger partial charge is 0.468 e. The SMILES string of the molecule is COC(=O)CN1C[C@@H](CCN2CCCC2=O)c2ccccc21. The maximum atomic E-state index is 11.7. The molecule has 22 heavy (non-hydrogen) atoms. The van der Waals surface area contributed by atoms with Gasteiger partial charge in [-0.25, -0.2) is 0 Å². The Morgan fingerprint density at radius 1 is 1.32 bits per heavy atom. The van der Waals surface area contributed by atoms with Gasteiger partial charge >= 0.3 is 5.97 Å². The molecule has 2 aliphatic heterocycles. The quantitative estimate of drug-likeness (QED) is 0.778. The first-order valence-electron chi connectivity index (χ1n) is 7.87. The monoisotopic (exact) mass is 302 g/mol. The minimum absolute atomic E-state index is 0.217. The number of carbonyl (C=O) groups excluding carboxylic acids is 2. The number of nitrogens with zero attached hydrogens (tertiary/aromatic N) is 2. The molecule has 1 aromatic carbocycles. The van der Waals surface area contributed by atoms with E-state index in [0.717, 1.165) is 38.2 Å².